The number of likely N-dealkylation sites (tertiary alicyclic amines) is 2. The second-order valence-electron chi connectivity index (χ2n) is 14.1. The number of hydrogen-bond donors (Lipinski definition) is 0. The lowest BCUT2D eigenvalue weighted by molar-refractivity contribution is -0.229. The van der Waals surface area contributed by atoms with E-state index >= 15 is 0 Å². The fourth-order valence-corrected chi connectivity index (χ4v) is 8.18. The molecule has 15 heteroatoms. The van der Waals surface area contributed by atoms with Crippen LogP contribution in [0.2, 0.25) is 0 Å². The lowest BCUT2D eigenvalue weighted by atomic mass is 9.84. The molecule has 14 nitrogen and oxygen atoms in total. The van der Waals surface area contributed by atoms with Gasteiger partial charge >= 0.3 is 0 Å². The number of carbonyl (C=O) groups excluding carboxylic acids is 2. The predicted octanol–water partition coefficient (Wildman–Crippen LogP) is 4.07. The van der Waals surface area contributed by atoms with Crippen molar-refractivity contribution in [3.05, 3.63) is 58.7 Å². The number of hydrogen-bond acceptors (Lipinski definition) is 12. The summed E-state index contributed by atoms with van der Waals surface area (Å²) in [5.41, 5.74) is 0.334. The standard InChI is InChI=1S/C36H43N4O10P/c1-35(2)33(31(39-13-5-7-29(39)41)25-19-23(21-37)9-11-27(25)49-35)45-15-17-47-51(43,44)48-18-16-46-34-32(40-14-6-8-30(40)42)26-20-24(22-38)10-12-28(26)50-36(34,3)4/h9-12,19-20,31-34H,5-8,13-18H2,1-4H3,(H,43,44)/p-1. The van der Waals surface area contributed by atoms with Gasteiger partial charge in [-0.05, 0) is 76.9 Å². The zero-order chi connectivity index (χ0) is 36.6. The first-order valence-electron chi connectivity index (χ1n) is 17.1. The summed E-state index contributed by atoms with van der Waals surface area (Å²) in [7, 11) is -4.79. The van der Waals surface area contributed by atoms with E-state index in [9.17, 15) is 29.6 Å². The van der Waals surface area contributed by atoms with Gasteiger partial charge in [0.15, 0.2) is 0 Å². The van der Waals surface area contributed by atoms with Gasteiger partial charge in [-0.2, -0.15) is 10.5 Å². The molecule has 0 radical (unpaired) electrons. The van der Waals surface area contributed by atoms with E-state index in [0.717, 1.165) is 0 Å². The monoisotopic (exact) mass is 721 g/mol. The number of carbonyl (C=O) groups is 2. The van der Waals surface area contributed by atoms with Crippen molar-refractivity contribution in [3.8, 4) is 23.6 Å². The number of amides is 2. The summed E-state index contributed by atoms with van der Waals surface area (Å²) in [4.78, 5) is 42.0. The number of phosphoric ester groups is 1. The maximum atomic E-state index is 12.9. The Labute approximate surface area is 297 Å². The van der Waals surface area contributed by atoms with Crippen molar-refractivity contribution < 1.29 is 47.0 Å². The van der Waals surface area contributed by atoms with E-state index in [2.05, 4.69) is 12.1 Å². The maximum Gasteiger partial charge on any atom is 0.268 e. The molecule has 2 saturated heterocycles. The van der Waals surface area contributed by atoms with Crippen LogP contribution < -0.4 is 14.4 Å². The Morgan fingerprint density at radius 3 is 1.53 bits per heavy atom. The first-order valence-corrected chi connectivity index (χ1v) is 18.6. The number of phosphoric acid groups is 1. The van der Waals surface area contributed by atoms with Crippen molar-refractivity contribution in [1.82, 2.24) is 9.80 Å². The first-order chi connectivity index (χ1) is 24.2. The molecule has 4 unspecified atom stereocenters. The van der Waals surface area contributed by atoms with Gasteiger partial charge in [-0.1, -0.05) is 0 Å². The van der Waals surface area contributed by atoms with E-state index in [1.54, 1.807) is 46.2 Å². The summed E-state index contributed by atoms with van der Waals surface area (Å²) in [6.07, 6.45) is 0.792. The molecule has 2 amide bonds. The van der Waals surface area contributed by atoms with Crippen LogP contribution in [0.25, 0.3) is 0 Å². The van der Waals surface area contributed by atoms with E-state index in [4.69, 9.17) is 28.0 Å². The molecule has 0 saturated carbocycles. The van der Waals surface area contributed by atoms with Gasteiger partial charge < -0.3 is 42.7 Å². The summed E-state index contributed by atoms with van der Waals surface area (Å²) >= 11 is 0. The molecular weight excluding hydrogens is 679 g/mol. The van der Waals surface area contributed by atoms with Crippen molar-refractivity contribution >= 4 is 19.6 Å². The van der Waals surface area contributed by atoms with Gasteiger partial charge in [0.05, 0.1) is 61.8 Å². The number of benzene rings is 2. The highest BCUT2D eigenvalue weighted by molar-refractivity contribution is 7.45. The second-order valence-corrected chi connectivity index (χ2v) is 15.5. The Morgan fingerprint density at radius 2 is 1.18 bits per heavy atom. The fraction of sp³-hybridized carbons (Fsp3) is 0.556. The molecule has 0 aromatic heterocycles. The van der Waals surface area contributed by atoms with Crippen LogP contribution in [0.15, 0.2) is 36.4 Å². The van der Waals surface area contributed by atoms with Gasteiger partial charge in [-0.3, -0.25) is 14.2 Å². The lowest BCUT2D eigenvalue weighted by Crippen LogP contribution is -2.55. The number of nitrogens with zero attached hydrogens (tertiary/aromatic N) is 4. The number of fused-ring (bicyclic) bond motifs is 2. The van der Waals surface area contributed by atoms with Gasteiger partial charge in [-0.25, -0.2) is 0 Å². The SMILES string of the molecule is CC1(C)Oc2ccc(C#N)cc2C(N2CCCC2=O)C1OCCOP(=O)([O-])OCCOC1C(N2CCCC2=O)c2cc(C#N)ccc2OC1(C)C. The van der Waals surface area contributed by atoms with Crippen LogP contribution in [0.4, 0.5) is 0 Å². The average Bonchev–Trinajstić information content (AvgIpc) is 3.71. The Hall–Kier alpha value is -4.01. The molecule has 2 aromatic carbocycles. The van der Waals surface area contributed by atoms with E-state index in [1.165, 1.54) is 0 Å². The van der Waals surface area contributed by atoms with Crippen LogP contribution in [0.5, 0.6) is 11.5 Å². The first kappa shape index (κ1) is 36.8. The van der Waals surface area contributed by atoms with Crippen molar-refractivity contribution in [1.29, 1.82) is 10.5 Å². The lowest BCUT2D eigenvalue weighted by Gasteiger charge is -2.47. The van der Waals surface area contributed by atoms with Crippen molar-refractivity contribution in [2.24, 2.45) is 0 Å². The molecule has 0 N–H and O–H groups in total. The number of nitriles is 2. The van der Waals surface area contributed by atoms with Crippen molar-refractivity contribution in [2.45, 2.75) is 88.9 Å². The maximum absolute atomic E-state index is 12.9. The molecule has 51 heavy (non-hydrogen) atoms. The smallest absolute Gasteiger partial charge is 0.268 e. The molecule has 0 bridgehead atoms. The topological polar surface area (TPSA) is 184 Å². The highest BCUT2D eigenvalue weighted by atomic mass is 31.2. The minimum Gasteiger partial charge on any atom is -0.756 e. The van der Waals surface area contributed by atoms with Gasteiger partial charge in [0, 0.05) is 37.1 Å². The minimum absolute atomic E-state index is 0.0341. The molecule has 2 fully saturated rings. The van der Waals surface area contributed by atoms with Gasteiger partial charge in [0.2, 0.25) is 11.8 Å². The predicted molar refractivity (Wildman–Crippen MR) is 178 cm³/mol. The molecule has 4 atom stereocenters. The fourth-order valence-electron chi connectivity index (χ4n) is 7.51. The van der Waals surface area contributed by atoms with E-state index in [0.29, 0.717) is 72.5 Å². The highest BCUT2D eigenvalue weighted by Crippen LogP contribution is 2.48. The van der Waals surface area contributed by atoms with Crippen LogP contribution in [0, 0.1) is 22.7 Å². The molecule has 0 spiro atoms. The summed E-state index contributed by atoms with van der Waals surface area (Å²) in [5.74, 6) is 1.04. The van der Waals surface area contributed by atoms with Gasteiger partial charge in [0.1, 0.15) is 34.9 Å². The van der Waals surface area contributed by atoms with Gasteiger partial charge in [0.25, 0.3) is 7.82 Å². The van der Waals surface area contributed by atoms with E-state index in [-0.39, 0.29) is 38.2 Å². The molecule has 0 aliphatic carbocycles. The summed E-state index contributed by atoms with van der Waals surface area (Å²) in [5, 5.41) is 19.0. The van der Waals surface area contributed by atoms with Gasteiger partial charge in [-0.15, -0.1) is 0 Å². The molecule has 4 heterocycles. The summed E-state index contributed by atoms with van der Waals surface area (Å²) in [6, 6.07) is 13.3. The van der Waals surface area contributed by atoms with Crippen LogP contribution in [0.1, 0.15) is 87.7 Å². The van der Waals surface area contributed by atoms with Crippen molar-refractivity contribution in [2.75, 3.05) is 39.5 Å². The number of ether oxygens (including phenoxy) is 4. The Balaban J connectivity index is 1.07. The zero-order valence-corrected chi connectivity index (χ0v) is 30.1. The molecule has 6 rings (SSSR count). The second kappa shape index (κ2) is 14.5. The van der Waals surface area contributed by atoms with Crippen molar-refractivity contribution in [3.63, 3.8) is 0 Å². The molecule has 272 valence electrons. The Bertz CT molecular complexity index is 1680. The third-order valence-electron chi connectivity index (χ3n) is 9.76. The van der Waals surface area contributed by atoms with E-state index < -0.39 is 43.3 Å². The molecule has 2 aromatic rings. The zero-order valence-electron chi connectivity index (χ0n) is 29.2. The third kappa shape index (κ3) is 7.63. The van der Waals surface area contributed by atoms with Crippen LogP contribution in [-0.2, 0) is 32.7 Å². The molecule has 4 aliphatic rings. The van der Waals surface area contributed by atoms with E-state index in [1.807, 2.05) is 27.7 Å². The minimum atomic E-state index is -4.79. The number of rotatable bonds is 12. The Kier molecular flexibility index (Phi) is 10.5. The quantitative estimate of drug-likeness (QED) is 0.227. The molecular formula is C36H42N4O10P-. The highest BCUT2D eigenvalue weighted by Gasteiger charge is 2.50. The average molecular weight is 722 g/mol. The Morgan fingerprint density at radius 1 is 0.765 bits per heavy atom. The molecule has 4 aliphatic heterocycles. The van der Waals surface area contributed by atoms with Crippen LogP contribution >= 0.6 is 7.82 Å². The largest absolute Gasteiger partial charge is 0.756 e. The summed E-state index contributed by atoms with van der Waals surface area (Å²) in [6.45, 7) is 7.34. The third-order valence-corrected chi connectivity index (χ3v) is 10.8. The van der Waals surface area contributed by atoms with Crippen LogP contribution in [0.3, 0.4) is 0 Å². The van der Waals surface area contributed by atoms with Crippen LogP contribution in [-0.4, -0.2) is 84.5 Å². The summed E-state index contributed by atoms with van der Waals surface area (Å²) < 4.78 is 47.9. The normalized spacial score (nSPS) is 25.9.